The van der Waals surface area contributed by atoms with E-state index in [-0.39, 0.29) is 0 Å². The van der Waals surface area contributed by atoms with Gasteiger partial charge < -0.3 is 5.73 Å². The normalized spacial score (nSPS) is 9.42. The van der Waals surface area contributed by atoms with Gasteiger partial charge in [0.05, 0.1) is 0 Å². The van der Waals surface area contributed by atoms with Crippen LogP contribution in [0.2, 0.25) is 0 Å². The second-order valence-electron chi connectivity index (χ2n) is 1.88. The summed E-state index contributed by atoms with van der Waals surface area (Å²) in [6.45, 7) is 0. The van der Waals surface area contributed by atoms with Crippen LogP contribution in [0.4, 0.5) is 4.79 Å². The minimum absolute atomic E-state index is 0.579. The topological polar surface area (TPSA) is 68.0 Å². The molecule has 1 aromatic heterocycles. The summed E-state index contributed by atoms with van der Waals surface area (Å²) in [5, 5.41) is 0.692. The number of nitrogens with zero attached hydrogens (tertiary/aromatic N) is 1. The molecule has 0 saturated carbocycles. The molecular formula is C6H6BrN3OS. The molecule has 0 spiro atoms. The van der Waals surface area contributed by atoms with Crippen LogP contribution in [0.1, 0.15) is 0 Å². The molecular weight excluding hydrogens is 242 g/mol. The van der Waals surface area contributed by atoms with Crippen LogP contribution in [-0.2, 0) is 0 Å². The van der Waals surface area contributed by atoms with Crippen LogP contribution < -0.4 is 10.5 Å². The maximum Gasteiger partial charge on any atom is 0.322 e. The molecule has 64 valence electrons. The van der Waals surface area contributed by atoms with E-state index in [1.165, 1.54) is 0 Å². The van der Waals surface area contributed by atoms with Crippen molar-refractivity contribution in [3.05, 3.63) is 22.8 Å². The van der Waals surface area contributed by atoms with E-state index in [1.807, 2.05) is 6.07 Å². The SMILES string of the molecule is NC(=O)NSc1ccc(Br)cn1. The van der Waals surface area contributed by atoms with Crippen molar-refractivity contribution in [2.24, 2.45) is 5.73 Å². The van der Waals surface area contributed by atoms with E-state index in [1.54, 1.807) is 12.3 Å². The van der Waals surface area contributed by atoms with Gasteiger partial charge in [-0.25, -0.2) is 9.78 Å². The molecule has 1 aromatic rings. The standard InChI is InChI=1S/C6H6BrN3OS/c7-4-1-2-5(9-3-4)12-10-6(8)11/h1-3H,(H3,8,10,11). The monoisotopic (exact) mass is 247 g/mol. The number of halogens is 1. The number of rotatable bonds is 2. The number of aromatic nitrogens is 1. The predicted octanol–water partition coefficient (Wildman–Crippen LogP) is 1.52. The summed E-state index contributed by atoms with van der Waals surface area (Å²) in [5.74, 6) is 0. The third-order valence-corrected chi connectivity index (χ3v) is 2.18. The minimum atomic E-state index is -0.579. The van der Waals surface area contributed by atoms with Crippen LogP contribution in [-0.4, -0.2) is 11.0 Å². The third kappa shape index (κ3) is 3.10. The van der Waals surface area contributed by atoms with E-state index < -0.39 is 6.03 Å². The zero-order chi connectivity index (χ0) is 8.97. The lowest BCUT2D eigenvalue weighted by Crippen LogP contribution is -2.22. The summed E-state index contributed by atoms with van der Waals surface area (Å²) in [4.78, 5) is 14.3. The molecule has 0 aliphatic heterocycles. The molecule has 12 heavy (non-hydrogen) atoms. The number of hydrogen-bond donors (Lipinski definition) is 2. The number of amides is 2. The summed E-state index contributed by atoms with van der Waals surface area (Å²) in [6, 6.07) is 3.02. The molecule has 0 saturated heterocycles. The van der Waals surface area contributed by atoms with Crippen LogP contribution in [0, 0.1) is 0 Å². The van der Waals surface area contributed by atoms with Crippen molar-refractivity contribution >= 4 is 33.9 Å². The number of carbonyl (C=O) groups is 1. The second kappa shape index (κ2) is 4.32. The lowest BCUT2D eigenvalue weighted by molar-refractivity contribution is 0.254. The molecule has 2 amide bonds. The van der Waals surface area contributed by atoms with Gasteiger partial charge in [-0.05, 0) is 28.1 Å². The maximum atomic E-state index is 10.3. The molecule has 0 unspecified atom stereocenters. The van der Waals surface area contributed by atoms with Gasteiger partial charge in [0.25, 0.3) is 0 Å². The molecule has 0 atom stereocenters. The Labute approximate surface area is 82.2 Å². The number of primary amides is 1. The quantitative estimate of drug-likeness (QED) is 0.779. The van der Waals surface area contributed by atoms with Gasteiger partial charge in [-0.3, -0.25) is 4.72 Å². The first-order valence-electron chi connectivity index (χ1n) is 3.02. The van der Waals surface area contributed by atoms with Gasteiger partial charge in [0.2, 0.25) is 0 Å². The van der Waals surface area contributed by atoms with Crippen molar-refractivity contribution in [1.82, 2.24) is 9.71 Å². The Kier molecular flexibility index (Phi) is 3.36. The van der Waals surface area contributed by atoms with Crippen LogP contribution in [0.5, 0.6) is 0 Å². The van der Waals surface area contributed by atoms with Gasteiger partial charge >= 0.3 is 6.03 Å². The van der Waals surface area contributed by atoms with Gasteiger partial charge in [0.15, 0.2) is 0 Å². The smallest absolute Gasteiger partial charge is 0.322 e. The number of nitrogens with two attached hydrogens (primary N) is 1. The van der Waals surface area contributed by atoms with E-state index in [9.17, 15) is 4.79 Å². The lowest BCUT2D eigenvalue weighted by atomic mass is 10.5. The van der Waals surface area contributed by atoms with E-state index >= 15 is 0 Å². The van der Waals surface area contributed by atoms with Gasteiger partial charge in [0, 0.05) is 22.6 Å². The Morgan fingerprint density at radius 2 is 2.42 bits per heavy atom. The Bertz CT molecular complexity index is 277. The highest BCUT2D eigenvalue weighted by atomic mass is 79.9. The van der Waals surface area contributed by atoms with Crippen LogP contribution in [0.25, 0.3) is 0 Å². The fourth-order valence-corrected chi connectivity index (χ4v) is 1.21. The minimum Gasteiger partial charge on any atom is -0.351 e. The first-order chi connectivity index (χ1) is 5.68. The predicted molar refractivity (Wildman–Crippen MR) is 50.5 cm³/mol. The molecule has 6 heteroatoms. The summed E-state index contributed by atoms with van der Waals surface area (Å²) in [7, 11) is 0. The van der Waals surface area contributed by atoms with Crippen molar-refractivity contribution in [3.8, 4) is 0 Å². The van der Waals surface area contributed by atoms with E-state index in [4.69, 9.17) is 5.73 Å². The Morgan fingerprint density at radius 1 is 1.67 bits per heavy atom. The average Bonchev–Trinajstić information content (AvgIpc) is 2.03. The maximum absolute atomic E-state index is 10.3. The Morgan fingerprint density at radius 3 is 2.92 bits per heavy atom. The molecule has 0 aromatic carbocycles. The molecule has 1 rings (SSSR count). The third-order valence-electron chi connectivity index (χ3n) is 0.956. The van der Waals surface area contributed by atoms with Crippen LogP contribution >= 0.6 is 27.9 Å². The highest BCUT2D eigenvalue weighted by Crippen LogP contribution is 2.14. The fourth-order valence-electron chi connectivity index (χ4n) is 0.525. The van der Waals surface area contributed by atoms with Crippen molar-refractivity contribution in [2.45, 2.75) is 5.03 Å². The molecule has 0 aliphatic rings. The Hall–Kier alpha value is -0.750. The summed E-state index contributed by atoms with van der Waals surface area (Å²) < 4.78 is 3.25. The molecule has 0 fully saturated rings. The number of urea groups is 1. The number of pyridine rings is 1. The highest BCUT2D eigenvalue weighted by Gasteiger charge is 1.96. The first kappa shape index (κ1) is 9.34. The lowest BCUT2D eigenvalue weighted by Gasteiger charge is -1.98. The number of carbonyl (C=O) groups excluding carboxylic acids is 1. The molecule has 1 heterocycles. The van der Waals surface area contributed by atoms with Crippen LogP contribution in [0.3, 0.4) is 0 Å². The first-order valence-corrected chi connectivity index (χ1v) is 4.63. The van der Waals surface area contributed by atoms with Gasteiger partial charge in [-0.1, -0.05) is 0 Å². The highest BCUT2D eigenvalue weighted by molar-refractivity contribution is 9.10. The molecule has 3 N–H and O–H groups in total. The second-order valence-corrected chi connectivity index (χ2v) is 3.63. The molecule has 0 aliphatic carbocycles. The number of nitrogens with one attached hydrogen (secondary N) is 1. The summed E-state index contributed by atoms with van der Waals surface area (Å²) in [5.41, 5.74) is 4.86. The molecule has 0 radical (unpaired) electrons. The average molecular weight is 248 g/mol. The van der Waals surface area contributed by atoms with E-state index in [2.05, 4.69) is 25.6 Å². The van der Waals surface area contributed by atoms with Gasteiger partial charge in [-0.15, -0.1) is 0 Å². The summed E-state index contributed by atoms with van der Waals surface area (Å²) >= 11 is 4.32. The van der Waals surface area contributed by atoms with E-state index in [0.717, 1.165) is 16.4 Å². The zero-order valence-corrected chi connectivity index (χ0v) is 8.35. The van der Waals surface area contributed by atoms with Gasteiger partial charge in [-0.2, -0.15) is 0 Å². The molecule has 4 nitrogen and oxygen atoms in total. The van der Waals surface area contributed by atoms with Crippen molar-refractivity contribution in [1.29, 1.82) is 0 Å². The molecule has 0 bridgehead atoms. The number of hydrogen-bond acceptors (Lipinski definition) is 3. The largest absolute Gasteiger partial charge is 0.351 e. The van der Waals surface area contributed by atoms with Crippen molar-refractivity contribution < 1.29 is 4.79 Å². The van der Waals surface area contributed by atoms with E-state index in [0.29, 0.717) is 5.03 Å². The summed E-state index contributed by atoms with van der Waals surface area (Å²) in [6.07, 6.45) is 1.64. The fraction of sp³-hybridized carbons (Fsp3) is 0. The van der Waals surface area contributed by atoms with Crippen LogP contribution in [0.15, 0.2) is 27.8 Å². The van der Waals surface area contributed by atoms with Crippen molar-refractivity contribution in [3.63, 3.8) is 0 Å². The Balaban J connectivity index is 2.53. The van der Waals surface area contributed by atoms with Crippen molar-refractivity contribution in [2.75, 3.05) is 0 Å². The van der Waals surface area contributed by atoms with Gasteiger partial charge in [0.1, 0.15) is 5.03 Å². The zero-order valence-electron chi connectivity index (χ0n) is 5.95.